The summed E-state index contributed by atoms with van der Waals surface area (Å²) in [5.74, 6) is -1.36. The van der Waals surface area contributed by atoms with E-state index in [0.717, 1.165) is 12.8 Å². The van der Waals surface area contributed by atoms with E-state index in [9.17, 15) is 24.3 Å². The number of carboxylic acid groups (broad SMARTS) is 1. The first-order valence-corrected chi connectivity index (χ1v) is 9.22. The van der Waals surface area contributed by atoms with Gasteiger partial charge in [-0.15, -0.1) is 0 Å². The summed E-state index contributed by atoms with van der Waals surface area (Å²) in [4.78, 5) is 24.0. The Kier molecular flexibility index (Phi) is 5.36. The number of nitrogens with zero attached hydrogens (tertiary/aromatic N) is 2. The van der Waals surface area contributed by atoms with Crippen molar-refractivity contribution in [1.29, 1.82) is 5.26 Å². The van der Waals surface area contributed by atoms with E-state index >= 15 is 0 Å². The Labute approximate surface area is 157 Å². The molecule has 0 aromatic heterocycles. The van der Waals surface area contributed by atoms with Gasteiger partial charge < -0.3 is 14.7 Å². The molecule has 1 aromatic carbocycles. The quantitative estimate of drug-likeness (QED) is 0.741. The smallest absolute Gasteiger partial charge is 0.309 e. The van der Waals surface area contributed by atoms with Crippen LogP contribution >= 0.6 is 0 Å². The topological polar surface area (TPSA) is 90.6 Å². The molecule has 1 aliphatic heterocycles. The number of aliphatic carboxylic acids is 1. The molecule has 1 N–H and O–H groups in total. The summed E-state index contributed by atoms with van der Waals surface area (Å²) in [6.07, 6.45) is 3.98. The lowest BCUT2D eigenvalue weighted by Crippen LogP contribution is -2.41. The van der Waals surface area contributed by atoms with Crippen LogP contribution in [0.5, 0.6) is 5.75 Å². The second kappa shape index (κ2) is 7.55. The van der Waals surface area contributed by atoms with Crippen LogP contribution in [0.4, 0.5) is 4.39 Å². The molecule has 3 rings (SSSR count). The molecule has 1 aliphatic carbocycles. The Bertz CT molecular complexity index is 762. The third kappa shape index (κ3) is 3.48. The minimum atomic E-state index is -0.919. The van der Waals surface area contributed by atoms with Gasteiger partial charge in [0.1, 0.15) is 0 Å². The number of benzene rings is 1. The maximum Gasteiger partial charge on any atom is 0.309 e. The van der Waals surface area contributed by atoms with Gasteiger partial charge in [-0.05, 0) is 38.2 Å². The highest BCUT2D eigenvalue weighted by Crippen LogP contribution is 2.45. The number of piperidine rings is 1. The molecule has 0 radical (unpaired) electrons. The molecule has 1 aromatic rings. The van der Waals surface area contributed by atoms with Crippen molar-refractivity contribution in [2.75, 3.05) is 19.7 Å². The van der Waals surface area contributed by atoms with Crippen LogP contribution in [0.15, 0.2) is 18.2 Å². The van der Waals surface area contributed by atoms with Crippen molar-refractivity contribution in [2.45, 2.75) is 43.9 Å². The number of likely N-dealkylation sites (tertiary alicyclic amines) is 1. The van der Waals surface area contributed by atoms with E-state index in [-0.39, 0.29) is 12.4 Å². The van der Waals surface area contributed by atoms with Crippen molar-refractivity contribution in [3.05, 3.63) is 29.6 Å². The van der Waals surface area contributed by atoms with Gasteiger partial charge in [0, 0.05) is 18.7 Å². The van der Waals surface area contributed by atoms with Gasteiger partial charge in [-0.2, -0.15) is 5.26 Å². The van der Waals surface area contributed by atoms with E-state index in [4.69, 9.17) is 4.74 Å². The molecule has 0 spiro atoms. The van der Waals surface area contributed by atoms with Crippen LogP contribution in [0.3, 0.4) is 0 Å². The number of hydrogen-bond acceptors (Lipinski definition) is 4. The molecule has 27 heavy (non-hydrogen) atoms. The Hall–Kier alpha value is -2.62. The molecule has 1 saturated carbocycles. The summed E-state index contributed by atoms with van der Waals surface area (Å²) in [6, 6.07) is 6.83. The summed E-state index contributed by atoms with van der Waals surface area (Å²) >= 11 is 0. The van der Waals surface area contributed by atoms with Crippen molar-refractivity contribution >= 4 is 12.4 Å². The van der Waals surface area contributed by atoms with E-state index in [1.807, 2.05) is 0 Å². The molecule has 1 amide bonds. The largest absolute Gasteiger partial charge is 0.490 e. The molecule has 1 saturated heterocycles. The van der Waals surface area contributed by atoms with Crippen LogP contribution < -0.4 is 4.74 Å². The van der Waals surface area contributed by atoms with Crippen LogP contribution in [0, 0.1) is 22.6 Å². The molecule has 2 aliphatic rings. The minimum Gasteiger partial charge on any atom is -0.490 e. The summed E-state index contributed by atoms with van der Waals surface area (Å²) in [7, 11) is 0. The predicted molar refractivity (Wildman–Crippen MR) is 94.6 cm³/mol. The zero-order valence-corrected chi connectivity index (χ0v) is 15.1. The Morgan fingerprint density at radius 1 is 1.33 bits per heavy atom. The van der Waals surface area contributed by atoms with Gasteiger partial charge in [0.15, 0.2) is 11.6 Å². The standard InChI is InChI=1S/C20H23FN2O4/c21-16-4-1-3-15(20(13-22)7-10-23(14-24)11-8-20)17(16)27-12-9-19(18(25)26)5-2-6-19/h1,3-4,14H,2,5-12H2,(H,25,26). The zero-order valence-electron chi connectivity index (χ0n) is 15.1. The number of hydrogen-bond donors (Lipinski definition) is 1. The number of carboxylic acids is 1. The van der Waals surface area contributed by atoms with Crippen molar-refractivity contribution in [2.24, 2.45) is 5.41 Å². The number of ether oxygens (including phenoxy) is 1. The molecule has 0 unspecified atom stereocenters. The first-order valence-electron chi connectivity index (χ1n) is 9.22. The highest BCUT2D eigenvalue weighted by molar-refractivity contribution is 5.75. The lowest BCUT2D eigenvalue weighted by atomic mass is 9.67. The summed E-state index contributed by atoms with van der Waals surface area (Å²) in [5.41, 5.74) is -1.21. The summed E-state index contributed by atoms with van der Waals surface area (Å²) in [6.45, 7) is 0.937. The monoisotopic (exact) mass is 374 g/mol. The zero-order chi connectivity index (χ0) is 19.5. The van der Waals surface area contributed by atoms with E-state index in [1.54, 1.807) is 17.0 Å². The molecule has 0 atom stereocenters. The van der Waals surface area contributed by atoms with Crippen molar-refractivity contribution in [3.8, 4) is 11.8 Å². The van der Waals surface area contributed by atoms with E-state index in [2.05, 4.69) is 6.07 Å². The Morgan fingerprint density at radius 2 is 2.04 bits per heavy atom. The van der Waals surface area contributed by atoms with Gasteiger partial charge >= 0.3 is 5.97 Å². The van der Waals surface area contributed by atoms with Gasteiger partial charge in [-0.1, -0.05) is 18.6 Å². The average molecular weight is 374 g/mol. The van der Waals surface area contributed by atoms with Gasteiger partial charge in [0.2, 0.25) is 6.41 Å². The number of rotatable bonds is 7. The second-order valence-corrected chi connectivity index (χ2v) is 7.49. The number of halogens is 1. The van der Waals surface area contributed by atoms with Crippen LogP contribution in [-0.2, 0) is 15.0 Å². The minimum absolute atomic E-state index is 0.0264. The predicted octanol–water partition coefficient (Wildman–Crippen LogP) is 2.86. The van der Waals surface area contributed by atoms with E-state index in [1.165, 1.54) is 6.07 Å². The maximum absolute atomic E-state index is 14.5. The fraction of sp³-hybridized carbons (Fsp3) is 0.550. The molecule has 0 bridgehead atoms. The lowest BCUT2D eigenvalue weighted by Gasteiger charge is -2.38. The number of amides is 1. The van der Waals surface area contributed by atoms with Crippen molar-refractivity contribution in [3.63, 3.8) is 0 Å². The second-order valence-electron chi connectivity index (χ2n) is 7.49. The number of carbonyl (C=O) groups is 2. The van der Waals surface area contributed by atoms with Crippen molar-refractivity contribution in [1.82, 2.24) is 4.90 Å². The van der Waals surface area contributed by atoms with Crippen LogP contribution in [0.25, 0.3) is 0 Å². The van der Waals surface area contributed by atoms with Crippen LogP contribution in [0.1, 0.15) is 44.1 Å². The molecule has 2 fully saturated rings. The third-order valence-electron chi connectivity index (χ3n) is 6.09. The highest BCUT2D eigenvalue weighted by Gasteiger charge is 2.44. The van der Waals surface area contributed by atoms with Crippen LogP contribution in [0.2, 0.25) is 0 Å². The summed E-state index contributed by atoms with van der Waals surface area (Å²) < 4.78 is 20.2. The first-order chi connectivity index (χ1) is 13.0. The molecule has 1 heterocycles. The number of para-hydroxylation sites is 1. The van der Waals surface area contributed by atoms with Gasteiger partial charge in [-0.3, -0.25) is 9.59 Å². The fourth-order valence-corrected chi connectivity index (χ4v) is 4.01. The Balaban J connectivity index is 1.79. The summed E-state index contributed by atoms with van der Waals surface area (Å²) in [5, 5.41) is 19.2. The number of nitriles is 1. The lowest BCUT2D eigenvalue weighted by molar-refractivity contribution is -0.155. The fourth-order valence-electron chi connectivity index (χ4n) is 4.01. The first kappa shape index (κ1) is 19.2. The maximum atomic E-state index is 14.5. The van der Waals surface area contributed by atoms with E-state index < -0.39 is 22.6 Å². The molecule has 7 heteroatoms. The molecular formula is C20H23FN2O4. The average Bonchev–Trinajstić information content (AvgIpc) is 2.64. The van der Waals surface area contributed by atoms with Crippen LogP contribution in [-0.4, -0.2) is 42.1 Å². The normalized spacial score (nSPS) is 20.2. The molecule has 144 valence electrons. The number of carbonyl (C=O) groups excluding carboxylic acids is 1. The van der Waals surface area contributed by atoms with Gasteiger partial charge in [0.05, 0.1) is 23.5 Å². The third-order valence-corrected chi connectivity index (χ3v) is 6.09. The molecular weight excluding hydrogens is 351 g/mol. The van der Waals surface area contributed by atoms with Crippen molar-refractivity contribution < 1.29 is 23.8 Å². The SMILES string of the molecule is N#CC1(c2cccc(F)c2OCCC2(C(=O)O)CCC2)CCN(C=O)CC1. The van der Waals surface area contributed by atoms with Gasteiger partial charge in [-0.25, -0.2) is 4.39 Å². The van der Waals surface area contributed by atoms with Gasteiger partial charge in [0.25, 0.3) is 0 Å². The molecule has 6 nitrogen and oxygen atoms in total. The van der Waals surface area contributed by atoms with E-state index in [0.29, 0.717) is 50.8 Å². The highest BCUT2D eigenvalue weighted by atomic mass is 19.1. The Morgan fingerprint density at radius 3 is 2.56 bits per heavy atom.